The summed E-state index contributed by atoms with van der Waals surface area (Å²) >= 11 is 0. The van der Waals surface area contributed by atoms with Crippen LogP contribution in [0.2, 0.25) is 0 Å². The van der Waals surface area contributed by atoms with E-state index in [-0.39, 0.29) is 0 Å². The SMILES string of the molecule is CC=C(C)c1ccccc1-c1nc(-c2ccccc2)nc(-c2cccc(C)c2OC)n1. The Morgan fingerprint density at radius 3 is 2.06 bits per heavy atom. The van der Waals surface area contributed by atoms with E-state index in [1.165, 1.54) is 5.57 Å². The van der Waals surface area contributed by atoms with E-state index in [1.54, 1.807) is 7.11 Å². The summed E-state index contributed by atoms with van der Waals surface area (Å²) in [6.07, 6.45) is 2.10. The van der Waals surface area contributed by atoms with Crippen molar-refractivity contribution in [1.82, 2.24) is 15.0 Å². The molecule has 0 atom stereocenters. The Morgan fingerprint density at radius 1 is 0.742 bits per heavy atom. The second kappa shape index (κ2) is 8.92. The highest BCUT2D eigenvalue weighted by Gasteiger charge is 2.17. The van der Waals surface area contributed by atoms with Crippen LogP contribution in [0.4, 0.5) is 0 Å². The van der Waals surface area contributed by atoms with Crippen LogP contribution in [-0.2, 0) is 0 Å². The van der Waals surface area contributed by atoms with E-state index >= 15 is 0 Å². The zero-order chi connectivity index (χ0) is 21.8. The van der Waals surface area contributed by atoms with Gasteiger partial charge >= 0.3 is 0 Å². The molecule has 0 aliphatic rings. The minimum absolute atomic E-state index is 0.595. The third kappa shape index (κ3) is 4.10. The molecular weight excluding hydrogens is 382 g/mol. The van der Waals surface area contributed by atoms with Crippen molar-refractivity contribution < 1.29 is 4.74 Å². The van der Waals surface area contributed by atoms with E-state index in [0.29, 0.717) is 17.5 Å². The summed E-state index contributed by atoms with van der Waals surface area (Å²) < 4.78 is 5.69. The van der Waals surface area contributed by atoms with Gasteiger partial charge in [-0.1, -0.05) is 72.8 Å². The van der Waals surface area contributed by atoms with Crippen molar-refractivity contribution in [2.24, 2.45) is 0 Å². The van der Waals surface area contributed by atoms with Gasteiger partial charge in [0.2, 0.25) is 0 Å². The Labute approximate surface area is 183 Å². The highest BCUT2D eigenvalue weighted by molar-refractivity contribution is 5.79. The quantitative estimate of drug-likeness (QED) is 0.373. The lowest BCUT2D eigenvalue weighted by Crippen LogP contribution is -2.03. The van der Waals surface area contributed by atoms with Gasteiger partial charge in [-0.3, -0.25) is 0 Å². The fraction of sp³-hybridized carbons (Fsp3) is 0.148. The first-order valence-electron chi connectivity index (χ1n) is 10.3. The molecule has 0 unspecified atom stereocenters. The summed E-state index contributed by atoms with van der Waals surface area (Å²) in [5.74, 6) is 2.65. The maximum Gasteiger partial charge on any atom is 0.167 e. The molecule has 0 bridgehead atoms. The number of hydrogen-bond donors (Lipinski definition) is 0. The van der Waals surface area contributed by atoms with Gasteiger partial charge in [0.1, 0.15) is 5.75 Å². The molecule has 0 saturated heterocycles. The lowest BCUT2D eigenvalue weighted by molar-refractivity contribution is 0.413. The summed E-state index contributed by atoms with van der Waals surface area (Å²) in [6, 6.07) is 24.2. The molecule has 154 valence electrons. The van der Waals surface area contributed by atoms with Crippen LogP contribution in [0, 0.1) is 6.92 Å². The Balaban J connectivity index is 2.01. The fourth-order valence-corrected chi connectivity index (χ4v) is 3.61. The van der Waals surface area contributed by atoms with E-state index in [4.69, 9.17) is 19.7 Å². The van der Waals surface area contributed by atoms with Crippen LogP contribution in [0.1, 0.15) is 25.0 Å². The summed E-state index contributed by atoms with van der Waals surface area (Å²) in [6.45, 7) is 6.16. The molecule has 0 N–H and O–H groups in total. The molecule has 0 amide bonds. The van der Waals surface area contributed by atoms with Crippen molar-refractivity contribution in [1.29, 1.82) is 0 Å². The standard InChI is InChI=1S/C27H25N3O/c1-5-18(2)21-15-9-10-16-22(21)26-28-25(20-13-7-6-8-14-20)29-27(30-26)23-17-11-12-19(3)24(23)31-4/h5-17H,1-4H3. The van der Waals surface area contributed by atoms with Crippen LogP contribution in [0.25, 0.3) is 39.7 Å². The molecule has 0 saturated carbocycles. The number of hydrogen-bond acceptors (Lipinski definition) is 4. The number of methoxy groups -OCH3 is 1. The molecule has 0 fully saturated rings. The van der Waals surface area contributed by atoms with E-state index < -0.39 is 0 Å². The van der Waals surface area contributed by atoms with Crippen molar-refractivity contribution in [3.05, 3.63) is 90.0 Å². The molecule has 31 heavy (non-hydrogen) atoms. The van der Waals surface area contributed by atoms with Gasteiger partial charge in [-0.2, -0.15) is 0 Å². The van der Waals surface area contributed by atoms with Crippen molar-refractivity contribution in [2.75, 3.05) is 7.11 Å². The lowest BCUT2D eigenvalue weighted by atomic mass is 10.00. The van der Waals surface area contributed by atoms with Crippen LogP contribution in [-0.4, -0.2) is 22.1 Å². The molecule has 4 heteroatoms. The summed E-state index contributed by atoms with van der Waals surface area (Å²) in [4.78, 5) is 14.6. The van der Waals surface area contributed by atoms with E-state index in [0.717, 1.165) is 33.6 Å². The number of allylic oxidation sites excluding steroid dienone is 2. The summed E-state index contributed by atoms with van der Waals surface area (Å²) in [5, 5.41) is 0. The number of rotatable bonds is 5. The second-order valence-corrected chi connectivity index (χ2v) is 7.35. The monoisotopic (exact) mass is 407 g/mol. The van der Waals surface area contributed by atoms with Crippen molar-refractivity contribution in [3.8, 4) is 39.9 Å². The van der Waals surface area contributed by atoms with E-state index in [1.807, 2.05) is 74.5 Å². The Hall–Kier alpha value is -3.79. The van der Waals surface area contributed by atoms with E-state index in [9.17, 15) is 0 Å². The maximum absolute atomic E-state index is 5.69. The van der Waals surface area contributed by atoms with Crippen LogP contribution in [0.5, 0.6) is 5.75 Å². The zero-order valence-electron chi connectivity index (χ0n) is 18.3. The Kier molecular flexibility index (Phi) is 5.89. The first-order valence-corrected chi connectivity index (χ1v) is 10.3. The minimum Gasteiger partial charge on any atom is -0.496 e. The number of ether oxygens (including phenoxy) is 1. The van der Waals surface area contributed by atoms with Gasteiger partial charge in [0, 0.05) is 11.1 Å². The maximum atomic E-state index is 5.69. The van der Waals surface area contributed by atoms with Crippen molar-refractivity contribution >= 4 is 5.57 Å². The molecule has 0 aliphatic heterocycles. The van der Waals surface area contributed by atoms with Gasteiger partial charge in [0.15, 0.2) is 17.5 Å². The van der Waals surface area contributed by atoms with Crippen molar-refractivity contribution in [2.45, 2.75) is 20.8 Å². The molecule has 0 radical (unpaired) electrons. The first kappa shape index (κ1) is 20.5. The van der Waals surface area contributed by atoms with Crippen LogP contribution in [0.15, 0.2) is 78.9 Å². The van der Waals surface area contributed by atoms with Gasteiger partial charge in [-0.15, -0.1) is 0 Å². The van der Waals surface area contributed by atoms with Crippen LogP contribution >= 0.6 is 0 Å². The van der Waals surface area contributed by atoms with Crippen molar-refractivity contribution in [3.63, 3.8) is 0 Å². The van der Waals surface area contributed by atoms with Gasteiger partial charge in [-0.25, -0.2) is 15.0 Å². The predicted molar refractivity (Wildman–Crippen MR) is 127 cm³/mol. The second-order valence-electron chi connectivity index (χ2n) is 7.35. The largest absolute Gasteiger partial charge is 0.496 e. The smallest absolute Gasteiger partial charge is 0.167 e. The molecular formula is C27H25N3O. The van der Waals surface area contributed by atoms with Crippen LogP contribution < -0.4 is 4.74 Å². The Bertz CT molecular complexity index is 1250. The van der Waals surface area contributed by atoms with Crippen LogP contribution in [0.3, 0.4) is 0 Å². The third-order valence-electron chi connectivity index (χ3n) is 5.35. The summed E-state index contributed by atoms with van der Waals surface area (Å²) in [7, 11) is 1.68. The highest BCUT2D eigenvalue weighted by atomic mass is 16.5. The molecule has 4 aromatic rings. The predicted octanol–water partition coefficient (Wildman–Crippen LogP) is 6.61. The topological polar surface area (TPSA) is 47.9 Å². The third-order valence-corrected chi connectivity index (χ3v) is 5.35. The van der Waals surface area contributed by atoms with Gasteiger partial charge in [-0.05, 0) is 43.5 Å². The summed E-state index contributed by atoms with van der Waals surface area (Å²) in [5.41, 5.74) is 6.09. The first-order chi connectivity index (χ1) is 15.1. The van der Waals surface area contributed by atoms with Gasteiger partial charge in [0.05, 0.1) is 12.7 Å². The zero-order valence-corrected chi connectivity index (χ0v) is 18.3. The highest BCUT2D eigenvalue weighted by Crippen LogP contribution is 2.34. The number of benzene rings is 3. The average molecular weight is 408 g/mol. The number of nitrogens with zero attached hydrogens (tertiary/aromatic N) is 3. The molecule has 4 nitrogen and oxygen atoms in total. The molecule has 0 aliphatic carbocycles. The molecule has 3 aromatic carbocycles. The molecule has 1 aromatic heterocycles. The molecule has 1 heterocycles. The molecule has 0 spiro atoms. The number of aromatic nitrogens is 3. The van der Waals surface area contributed by atoms with E-state index in [2.05, 4.69) is 25.1 Å². The fourth-order valence-electron chi connectivity index (χ4n) is 3.61. The van der Waals surface area contributed by atoms with Gasteiger partial charge in [0.25, 0.3) is 0 Å². The average Bonchev–Trinajstić information content (AvgIpc) is 2.83. The number of aryl methyl sites for hydroxylation is 1. The lowest BCUT2D eigenvalue weighted by Gasteiger charge is -2.14. The normalized spacial score (nSPS) is 11.4. The Morgan fingerprint density at radius 2 is 1.35 bits per heavy atom. The van der Waals surface area contributed by atoms with Gasteiger partial charge < -0.3 is 4.74 Å². The number of para-hydroxylation sites is 1. The minimum atomic E-state index is 0.595. The molecule has 4 rings (SSSR count).